The van der Waals surface area contributed by atoms with E-state index in [1.54, 1.807) is 45.0 Å². The van der Waals surface area contributed by atoms with Gasteiger partial charge < -0.3 is 31.9 Å². The van der Waals surface area contributed by atoms with Crippen LogP contribution >= 0.6 is 23.4 Å². The lowest BCUT2D eigenvalue weighted by Gasteiger charge is -2.25. The highest BCUT2D eigenvalue weighted by Crippen LogP contribution is 2.33. The molecule has 14 heteroatoms. The van der Waals surface area contributed by atoms with Crippen molar-refractivity contribution in [2.24, 2.45) is 5.92 Å². The van der Waals surface area contributed by atoms with Crippen LogP contribution in [0, 0.1) is 5.92 Å². The number of likely N-dealkylation sites (N-methyl/N-ethyl adjacent to an activating group) is 1. The largest absolute Gasteiger partial charge is 0.350 e. The van der Waals surface area contributed by atoms with Crippen LogP contribution in [0.2, 0.25) is 5.02 Å². The van der Waals surface area contributed by atoms with E-state index in [1.807, 2.05) is 11.8 Å². The molecule has 6 N–H and O–H groups in total. The summed E-state index contributed by atoms with van der Waals surface area (Å²) in [4.78, 5) is 74.9. The van der Waals surface area contributed by atoms with E-state index in [0.717, 1.165) is 18.6 Å². The van der Waals surface area contributed by atoms with Crippen LogP contribution in [0.15, 0.2) is 24.3 Å². The van der Waals surface area contributed by atoms with Crippen LogP contribution in [0.4, 0.5) is 4.79 Å². The van der Waals surface area contributed by atoms with E-state index in [9.17, 15) is 28.8 Å². The average molecular weight is 637 g/mol. The second kappa shape index (κ2) is 16.5. The van der Waals surface area contributed by atoms with Gasteiger partial charge in [-0.25, -0.2) is 4.79 Å². The Morgan fingerprint density at radius 1 is 1.00 bits per heavy atom. The summed E-state index contributed by atoms with van der Waals surface area (Å²) < 4.78 is 0. The molecule has 0 bridgehead atoms. The number of halogens is 1. The first-order valence-electron chi connectivity index (χ1n) is 14.6. The topological polar surface area (TPSA) is 175 Å². The summed E-state index contributed by atoms with van der Waals surface area (Å²) in [5.41, 5.74) is 0.689. The van der Waals surface area contributed by atoms with Crippen LogP contribution in [0.3, 0.4) is 0 Å². The summed E-state index contributed by atoms with van der Waals surface area (Å²) in [7, 11) is 0. The highest BCUT2D eigenvalue weighted by molar-refractivity contribution is 8.00. The molecule has 2 aliphatic rings. The fraction of sp³-hybridized carbons (Fsp3) is 0.586. The zero-order valence-electron chi connectivity index (χ0n) is 24.7. The van der Waals surface area contributed by atoms with Gasteiger partial charge in [0.05, 0.1) is 18.6 Å². The van der Waals surface area contributed by atoms with Gasteiger partial charge in [0.15, 0.2) is 0 Å². The maximum absolute atomic E-state index is 13.2. The van der Waals surface area contributed by atoms with Crippen LogP contribution in [0.25, 0.3) is 0 Å². The van der Waals surface area contributed by atoms with E-state index in [0.29, 0.717) is 22.3 Å². The summed E-state index contributed by atoms with van der Waals surface area (Å²) in [6.07, 6.45) is 2.66. The number of carbonyl (C=O) groups is 6. The molecule has 2 fully saturated rings. The van der Waals surface area contributed by atoms with Gasteiger partial charge in [0.1, 0.15) is 12.1 Å². The Hall–Kier alpha value is -3.32. The number of urea groups is 1. The maximum atomic E-state index is 13.2. The lowest BCUT2D eigenvalue weighted by molar-refractivity contribution is -0.140. The molecule has 1 unspecified atom stereocenters. The fourth-order valence-electron chi connectivity index (χ4n) is 5.03. The van der Waals surface area contributed by atoms with Gasteiger partial charge in [0, 0.05) is 35.4 Å². The molecule has 0 saturated carbocycles. The van der Waals surface area contributed by atoms with Crippen LogP contribution in [-0.2, 0) is 30.4 Å². The number of amides is 6. The van der Waals surface area contributed by atoms with Crippen LogP contribution < -0.4 is 31.9 Å². The zero-order valence-corrected chi connectivity index (χ0v) is 26.2. The number of hydrogen-bond donors (Lipinski definition) is 6. The molecule has 43 heavy (non-hydrogen) atoms. The molecule has 6 amide bonds. The van der Waals surface area contributed by atoms with E-state index in [2.05, 4.69) is 31.9 Å². The van der Waals surface area contributed by atoms with Crippen molar-refractivity contribution in [3.63, 3.8) is 0 Å². The summed E-state index contributed by atoms with van der Waals surface area (Å²) in [6, 6.07) is 4.70. The summed E-state index contributed by atoms with van der Waals surface area (Å²) in [6.45, 7) is 5.10. The average Bonchev–Trinajstić information content (AvgIpc) is 3.52. The monoisotopic (exact) mass is 636 g/mol. The molecule has 1 aromatic carbocycles. The lowest BCUT2D eigenvalue weighted by Crippen LogP contribution is -2.57. The molecule has 1 aromatic rings. The van der Waals surface area contributed by atoms with E-state index in [4.69, 9.17) is 11.6 Å². The molecule has 0 spiro atoms. The Morgan fingerprint density at radius 3 is 2.40 bits per heavy atom. The van der Waals surface area contributed by atoms with Crippen LogP contribution in [0.1, 0.15) is 52.0 Å². The Balaban J connectivity index is 1.46. The first-order valence-corrected chi connectivity index (χ1v) is 16.0. The molecule has 2 saturated heterocycles. The Kier molecular flexibility index (Phi) is 13.1. The number of Topliss-reactive ketones (excluding diaryl/α,β-unsaturated/α-hetero) is 1. The third kappa shape index (κ3) is 10.4. The summed E-state index contributed by atoms with van der Waals surface area (Å²) in [5.74, 6) is -2.53. The standard InChI is InChI=1S/C29H41ClN6O6S/c1-4-31-28(41)26(39)19(13-17-9-11-18(30)12-10-17)33-27(40)24(16(2)3)35-23(38)14-32-22(37)8-6-5-7-21-25-20(15-43-21)34-29(42)36-25/h9-12,16,19-21,24-25H,4-8,13-15H2,1-3H3,(H,31,41)(H,32,37)(H,33,40)(H,35,38)(H2,34,36,42)/t19-,20-,21?,24-,25-/m0/s1. The molecule has 2 heterocycles. The number of hydrogen-bond acceptors (Lipinski definition) is 7. The molecule has 0 aromatic heterocycles. The highest BCUT2D eigenvalue weighted by Gasteiger charge is 2.42. The number of ketones is 1. The fourth-order valence-corrected chi connectivity index (χ4v) is 6.70. The third-order valence-electron chi connectivity index (χ3n) is 7.34. The van der Waals surface area contributed by atoms with Crippen molar-refractivity contribution < 1.29 is 28.8 Å². The third-order valence-corrected chi connectivity index (χ3v) is 9.10. The highest BCUT2D eigenvalue weighted by atomic mass is 35.5. The molecular formula is C29H41ClN6O6S. The SMILES string of the molecule is CCNC(=O)C(=O)[C@H](Cc1ccc(Cl)cc1)NC(=O)[C@@H](NC(=O)CNC(=O)CCCCC1SC[C@@H]2NC(=O)N[C@H]12)C(C)C. The normalized spacial score (nSPS) is 20.3. The second-order valence-corrected chi connectivity index (χ2v) is 12.8. The van der Waals surface area contributed by atoms with Crippen LogP contribution in [-0.4, -0.2) is 83.7 Å². The van der Waals surface area contributed by atoms with E-state index < -0.39 is 35.6 Å². The minimum Gasteiger partial charge on any atom is -0.350 e. The minimum atomic E-state index is -1.16. The van der Waals surface area contributed by atoms with Gasteiger partial charge in [-0.05, 0) is 43.4 Å². The Labute approximate surface area is 261 Å². The zero-order chi connectivity index (χ0) is 31.5. The van der Waals surface area contributed by atoms with Crippen molar-refractivity contribution in [1.82, 2.24) is 31.9 Å². The van der Waals surface area contributed by atoms with Gasteiger partial charge in [-0.15, -0.1) is 0 Å². The predicted molar refractivity (Wildman–Crippen MR) is 165 cm³/mol. The maximum Gasteiger partial charge on any atom is 0.315 e. The van der Waals surface area contributed by atoms with Gasteiger partial charge in [-0.1, -0.05) is 44.0 Å². The Morgan fingerprint density at radius 2 is 1.72 bits per heavy atom. The van der Waals surface area contributed by atoms with Crippen LogP contribution in [0.5, 0.6) is 0 Å². The number of fused-ring (bicyclic) bond motifs is 1. The summed E-state index contributed by atoms with van der Waals surface area (Å²) >= 11 is 7.77. The summed E-state index contributed by atoms with van der Waals surface area (Å²) in [5, 5.41) is 17.0. The molecule has 12 nitrogen and oxygen atoms in total. The van der Waals surface area contributed by atoms with Gasteiger partial charge in [-0.3, -0.25) is 24.0 Å². The molecule has 0 radical (unpaired) electrons. The smallest absolute Gasteiger partial charge is 0.315 e. The number of benzene rings is 1. The quantitative estimate of drug-likeness (QED) is 0.0893. The first kappa shape index (κ1) is 34.2. The van der Waals surface area contributed by atoms with Crippen molar-refractivity contribution in [1.29, 1.82) is 0 Å². The molecule has 0 aliphatic carbocycles. The van der Waals surface area contributed by atoms with Crippen molar-refractivity contribution in [3.05, 3.63) is 34.9 Å². The van der Waals surface area contributed by atoms with Crippen molar-refractivity contribution in [3.8, 4) is 0 Å². The Bertz CT molecular complexity index is 1180. The van der Waals surface area contributed by atoms with Crippen molar-refractivity contribution >= 4 is 58.8 Å². The van der Waals surface area contributed by atoms with Gasteiger partial charge in [-0.2, -0.15) is 11.8 Å². The number of rotatable bonds is 16. The van der Waals surface area contributed by atoms with Gasteiger partial charge in [0.25, 0.3) is 5.91 Å². The van der Waals surface area contributed by atoms with E-state index in [1.165, 1.54) is 0 Å². The number of nitrogens with one attached hydrogen (secondary N) is 6. The number of carbonyl (C=O) groups excluding carboxylic acids is 6. The van der Waals surface area contributed by atoms with Gasteiger partial charge >= 0.3 is 6.03 Å². The molecule has 236 valence electrons. The van der Waals surface area contributed by atoms with E-state index >= 15 is 0 Å². The molecule has 5 atom stereocenters. The van der Waals surface area contributed by atoms with E-state index in [-0.39, 0.29) is 55.9 Å². The second-order valence-electron chi connectivity index (χ2n) is 11.0. The molecule has 2 aliphatic heterocycles. The van der Waals surface area contributed by atoms with Gasteiger partial charge in [0.2, 0.25) is 23.5 Å². The minimum absolute atomic E-state index is 0.0554. The van der Waals surface area contributed by atoms with Crippen molar-refractivity contribution in [2.45, 2.75) is 82.3 Å². The number of thioether (sulfide) groups is 1. The molecule has 3 rings (SSSR count). The first-order chi connectivity index (χ1) is 20.5. The molecular weight excluding hydrogens is 596 g/mol. The van der Waals surface area contributed by atoms with Crippen molar-refractivity contribution in [2.75, 3.05) is 18.8 Å². The lowest BCUT2D eigenvalue weighted by atomic mass is 9.99. The predicted octanol–water partition coefficient (Wildman–Crippen LogP) is 1.06. The number of unbranched alkanes of at least 4 members (excludes halogenated alkanes) is 1.